The molecule has 0 saturated carbocycles. The van der Waals surface area contributed by atoms with Crippen LogP contribution in [0, 0.1) is 0 Å². The summed E-state index contributed by atoms with van der Waals surface area (Å²) >= 11 is 0. The third-order valence-corrected chi connectivity index (χ3v) is 6.72. The second-order valence-corrected chi connectivity index (χ2v) is 9.99. The van der Waals surface area contributed by atoms with Crippen LogP contribution in [-0.2, 0) is 45.7 Å². The van der Waals surface area contributed by atoms with Gasteiger partial charge in [-0.2, -0.15) is 0 Å². The predicted molar refractivity (Wildman–Crippen MR) is 156 cm³/mol. The molecule has 1 fully saturated rings. The van der Waals surface area contributed by atoms with Crippen molar-refractivity contribution in [3.8, 4) is 34.5 Å². The molecule has 1 aliphatic heterocycles. The van der Waals surface area contributed by atoms with Crippen LogP contribution >= 0.6 is 0 Å². The summed E-state index contributed by atoms with van der Waals surface area (Å²) < 4.78 is 15.3. The molecule has 4 rings (SSSR count). The Kier molecular flexibility index (Phi) is 12.2. The number of benzene rings is 3. The fourth-order valence-electron chi connectivity index (χ4n) is 4.16. The number of carbonyl (C=O) groups is 6. The molecule has 18 nitrogen and oxygen atoms in total. The van der Waals surface area contributed by atoms with E-state index in [1.165, 1.54) is 18.2 Å². The molecule has 0 aromatic heterocycles. The Morgan fingerprint density at radius 3 is 0.980 bits per heavy atom. The first kappa shape index (κ1) is 37.3. The van der Waals surface area contributed by atoms with Gasteiger partial charge in [0.25, 0.3) is 17.7 Å². The van der Waals surface area contributed by atoms with Crippen LogP contribution in [0.4, 0.5) is 0 Å². The fourth-order valence-corrected chi connectivity index (χ4v) is 4.16. The molecule has 260 valence electrons. The molecule has 3 atom stereocenters. The van der Waals surface area contributed by atoms with Crippen LogP contribution in [0.15, 0.2) is 54.6 Å². The molecule has 0 radical (unpaired) electrons. The van der Waals surface area contributed by atoms with Crippen LogP contribution in [0.2, 0.25) is 0 Å². The molecule has 19 heteroatoms. The number of amides is 3. The Morgan fingerprint density at radius 1 is 0.490 bits per heavy atom. The number of nitrogens with one attached hydrogen (secondary N) is 3. The monoisotopic (exact) mass is 725 g/mol. The van der Waals surface area contributed by atoms with Crippen LogP contribution in [0.3, 0.4) is 0 Å². The summed E-state index contributed by atoms with van der Waals surface area (Å²) in [6.45, 7) is -2.85. The van der Waals surface area contributed by atoms with Gasteiger partial charge >= 0.3 is 17.9 Å². The maximum Gasteiger partial charge on any atom is 0.332 e. The molecule has 49 heavy (non-hydrogen) atoms. The number of phenolic OH excluding ortho intramolecular Hbond substituents is 6. The van der Waals surface area contributed by atoms with Gasteiger partial charge in [0, 0.05) is 17.1 Å². The summed E-state index contributed by atoms with van der Waals surface area (Å²) in [5, 5.41) is 65.9. The van der Waals surface area contributed by atoms with Gasteiger partial charge in [0.1, 0.15) is 19.8 Å². The minimum Gasteiger partial charge on any atom is -0.504 e. The molecule has 3 aromatic rings. The zero-order valence-electron chi connectivity index (χ0n) is 24.8. The van der Waals surface area contributed by atoms with Crippen molar-refractivity contribution in [2.75, 3.05) is 19.8 Å². The number of aromatic hydroxyl groups is 6. The molecule has 0 aliphatic carbocycles. The molecular formula is C30H27FeN3O15. The van der Waals surface area contributed by atoms with Crippen molar-refractivity contribution in [3.05, 3.63) is 71.3 Å². The molecule has 0 spiro atoms. The van der Waals surface area contributed by atoms with E-state index < -0.39 is 125 Å². The minimum absolute atomic E-state index is 0. The van der Waals surface area contributed by atoms with Crippen LogP contribution in [0.25, 0.3) is 0 Å². The van der Waals surface area contributed by atoms with E-state index in [-0.39, 0.29) is 17.1 Å². The smallest absolute Gasteiger partial charge is 0.332 e. The summed E-state index contributed by atoms with van der Waals surface area (Å²) in [5.41, 5.74) is -1.47. The van der Waals surface area contributed by atoms with E-state index in [2.05, 4.69) is 16.0 Å². The Morgan fingerprint density at radius 2 is 0.735 bits per heavy atom. The predicted octanol–water partition coefficient (Wildman–Crippen LogP) is -0.744. The van der Waals surface area contributed by atoms with E-state index in [0.29, 0.717) is 0 Å². The fraction of sp³-hybridized carbons (Fsp3) is 0.200. The van der Waals surface area contributed by atoms with Crippen molar-refractivity contribution in [2.24, 2.45) is 0 Å². The number of hydrogen-bond acceptors (Lipinski definition) is 15. The summed E-state index contributed by atoms with van der Waals surface area (Å²) in [5.74, 6) is -11.9. The Labute approximate surface area is 285 Å². The van der Waals surface area contributed by atoms with E-state index >= 15 is 0 Å². The second-order valence-electron chi connectivity index (χ2n) is 9.99. The summed E-state index contributed by atoms with van der Waals surface area (Å²) in [4.78, 5) is 77.9. The van der Waals surface area contributed by atoms with Gasteiger partial charge in [-0.1, -0.05) is 18.2 Å². The first-order valence-electron chi connectivity index (χ1n) is 13.7. The van der Waals surface area contributed by atoms with Gasteiger partial charge in [0.2, 0.25) is 0 Å². The number of para-hydroxylation sites is 3. The van der Waals surface area contributed by atoms with Crippen LogP contribution in [0.5, 0.6) is 34.5 Å². The van der Waals surface area contributed by atoms with E-state index in [1.807, 2.05) is 0 Å². The van der Waals surface area contributed by atoms with Crippen molar-refractivity contribution >= 4 is 35.6 Å². The van der Waals surface area contributed by atoms with Gasteiger partial charge in [-0.05, 0) is 36.4 Å². The van der Waals surface area contributed by atoms with Crippen LogP contribution in [-0.4, -0.2) is 104 Å². The molecule has 3 aromatic carbocycles. The van der Waals surface area contributed by atoms with Crippen molar-refractivity contribution in [1.29, 1.82) is 0 Å². The van der Waals surface area contributed by atoms with Crippen molar-refractivity contribution in [2.45, 2.75) is 18.1 Å². The largest absolute Gasteiger partial charge is 0.504 e. The Hall–Kier alpha value is -6.20. The molecule has 1 heterocycles. The molecular weight excluding hydrogens is 698 g/mol. The van der Waals surface area contributed by atoms with Gasteiger partial charge < -0.3 is 60.8 Å². The zero-order valence-corrected chi connectivity index (χ0v) is 25.9. The molecule has 9 N–H and O–H groups in total. The summed E-state index contributed by atoms with van der Waals surface area (Å²) in [6.07, 6.45) is 0. The van der Waals surface area contributed by atoms with Crippen molar-refractivity contribution < 1.29 is 90.7 Å². The summed E-state index contributed by atoms with van der Waals surface area (Å²) in [6, 6.07) is 4.64. The van der Waals surface area contributed by atoms with Gasteiger partial charge in [0.15, 0.2) is 52.6 Å². The molecule has 1 aliphatic rings. The number of esters is 3. The number of carbonyl (C=O) groups excluding carboxylic acids is 6. The third-order valence-electron chi connectivity index (χ3n) is 6.72. The van der Waals surface area contributed by atoms with Crippen LogP contribution < -0.4 is 16.0 Å². The number of phenols is 6. The number of rotatable bonds is 6. The SMILES string of the molecule is O=C(NC1COC(=O)C(NC(=O)c2cccc(O)c2O)COC(=O)C(NC(=O)c2cccc(O)c2O)COC1=O)c1cccc(O)c1O.[Fe]. The van der Waals surface area contributed by atoms with E-state index in [4.69, 9.17) is 14.2 Å². The van der Waals surface area contributed by atoms with E-state index in [1.54, 1.807) is 0 Å². The Balaban J connectivity index is 0.00000650. The van der Waals surface area contributed by atoms with Gasteiger partial charge in [-0.15, -0.1) is 0 Å². The van der Waals surface area contributed by atoms with Crippen molar-refractivity contribution in [3.63, 3.8) is 0 Å². The Bertz CT molecular complexity index is 1580. The maximum atomic E-state index is 13.1. The topological polar surface area (TPSA) is 288 Å². The molecule has 3 amide bonds. The molecule has 3 unspecified atom stereocenters. The maximum absolute atomic E-state index is 13.1. The van der Waals surface area contributed by atoms with Gasteiger partial charge in [0.05, 0.1) is 16.7 Å². The normalized spacial score (nSPS) is 18.1. The number of hydrogen-bond donors (Lipinski definition) is 9. The van der Waals surface area contributed by atoms with Crippen molar-refractivity contribution in [1.82, 2.24) is 16.0 Å². The average molecular weight is 725 g/mol. The van der Waals surface area contributed by atoms with Gasteiger partial charge in [-0.25, -0.2) is 14.4 Å². The van der Waals surface area contributed by atoms with Gasteiger partial charge in [-0.3, -0.25) is 14.4 Å². The van der Waals surface area contributed by atoms with E-state index in [0.717, 1.165) is 36.4 Å². The zero-order chi connectivity index (χ0) is 35.1. The first-order chi connectivity index (χ1) is 22.8. The third kappa shape index (κ3) is 8.79. The minimum atomic E-state index is -1.84. The standard InChI is InChI=1S/C30H27N3O15.Fe/c34-19-7-1-4-13(22(19)37)25(40)31-16-10-46-29(44)18(33-27(42)15-6-3-9-21(36)24(15)39)12-48-30(45)17(11-47-28(16)43)32-26(41)14-5-2-8-20(35)23(14)38;/h1-9,16-18,34-39H,10-12H2,(H,31,40)(H,32,41)(H,33,42);. The summed E-state index contributed by atoms with van der Waals surface area (Å²) in [7, 11) is 0. The average Bonchev–Trinajstić information content (AvgIpc) is 3.05. The quantitative estimate of drug-likeness (QED) is 0.0655. The van der Waals surface area contributed by atoms with E-state index in [9.17, 15) is 59.4 Å². The number of ether oxygens (including phenoxy) is 3. The number of cyclic esters (lactones) is 3. The molecule has 1 saturated heterocycles. The second kappa shape index (κ2) is 16.1. The first-order valence-corrected chi connectivity index (χ1v) is 13.7. The molecule has 0 bridgehead atoms. The van der Waals surface area contributed by atoms with Crippen LogP contribution in [0.1, 0.15) is 31.1 Å².